The summed E-state index contributed by atoms with van der Waals surface area (Å²) in [6.07, 6.45) is 21.2. The van der Waals surface area contributed by atoms with E-state index in [1.807, 2.05) is 0 Å². The van der Waals surface area contributed by atoms with E-state index in [4.69, 9.17) is 0 Å². The molecule has 0 aromatic heterocycles. The van der Waals surface area contributed by atoms with E-state index in [9.17, 15) is 18.1 Å². The van der Waals surface area contributed by atoms with Gasteiger partial charge in [-0.2, -0.15) is 0 Å². The molecular weight excluding hydrogens is 423 g/mol. The van der Waals surface area contributed by atoms with Crippen LogP contribution in [0.2, 0.25) is 0 Å². The molecule has 0 bridgehead atoms. The molecule has 6 heteroatoms. The molecule has 4 nitrogen and oxygen atoms in total. The van der Waals surface area contributed by atoms with Crippen LogP contribution in [0.25, 0.3) is 0 Å². The van der Waals surface area contributed by atoms with Crippen molar-refractivity contribution in [2.45, 2.75) is 154 Å². The van der Waals surface area contributed by atoms with E-state index < -0.39 is 21.5 Å². The van der Waals surface area contributed by atoms with Crippen LogP contribution in [-0.4, -0.2) is 29.4 Å². The first kappa shape index (κ1) is 33.7. The Morgan fingerprint density at radius 1 is 0.600 bits per heavy atom. The molecule has 0 heterocycles. The molecule has 0 saturated heterocycles. The van der Waals surface area contributed by atoms with E-state index in [0.29, 0.717) is 19.3 Å². The van der Waals surface area contributed by atoms with Gasteiger partial charge in [-0.25, -0.2) is 8.42 Å². The zero-order valence-corrected chi connectivity index (χ0v) is 24.3. The Bertz CT molecular complexity index is 442. The van der Waals surface area contributed by atoms with Crippen LogP contribution in [0.5, 0.6) is 0 Å². The Hall–Kier alpha value is 1.51. The predicted molar refractivity (Wildman–Crippen MR) is 123 cm³/mol. The Kier molecular flexibility index (Phi) is 26.6. The quantitative estimate of drug-likeness (QED) is 0.146. The molecular formula is C24H49KO4S. The number of rotatable bonds is 22. The van der Waals surface area contributed by atoms with Gasteiger partial charge >= 0.3 is 51.4 Å². The second-order valence-electron chi connectivity index (χ2n) is 8.83. The molecule has 2 unspecified atom stereocenters. The van der Waals surface area contributed by atoms with E-state index in [1.54, 1.807) is 0 Å². The zero-order valence-electron chi connectivity index (χ0n) is 20.4. The summed E-state index contributed by atoms with van der Waals surface area (Å²) in [5, 5.41) is 9.09. The monoisotopic (exact) mass is 472 g/mol. The van der Waals surface area contributed by atoms with Gasteiger partial charge in [-0.1, -0.05) is 129 Å². The van der Waals surface area contributed by atoms with Crippen molar-refractivity contribution in [2.75, 3.05) is 0 Å². The van der Waals surface area contributed by atoms with Crippen LogP contribution < -0.4 is 51.4 Å². The molecule has 2 atom stereocenters. The van der Waals surface area contributed by atoms with Gasteiger partial charge in [0.2, 0.25) is 0 Å². The van der Waals surface area contributed by atoms with Crippen molar-refractivity contribution in [3.8, 4) is 0 Å². The molecule has 0 aliphatic heterocycles. The van der Waals surface area contributed by atoms with Crippen LogP contribution in [-0.2, 0) is 10.1 Å². The second-order valence-corrected chi connectivity index (χ2v) is 10.4. The SMILES string of the molecule is CCCCCCCCCCCCCCCCC(O)C(CCCCCC)S(=O)(=O)[O-].[K+]. The first-order chi connectivity index (χ1) is 13.9. The molecule has 0 amide bonds. The molecule has 0 aliphatic carbocycles. The number of hydrogen-bond donors (Lipinski definition) is 1. The average Bonchev–Trinajstić information content (AvgIpc) is 2.67. The fourth-order valence-electron chi connectivity index (χ4n) is 4.04. The van der Waals surface area contributed by atoms with Gasteiger partial charge < -0.3 is 9.66 Å². The number of unbranched alkanes of at least 4 members (excludes halogenated alkanes) is 16. The molecule has 0 aliphatic rings. The van der Waals surface area contributed by atoms with Gasteiger partial charge in [-0.05, 0) is 12.8 Å². The summed E-state index contributed by atoms with van der Waals surface area (Å²) in [7, 11) is -4.42. The van der Waals surface area contributed by atoms with Gasteiger partial charge in [0.1, 0.15) is 10.1 Å². The van der Waals surface area contributed by atoms with Crippen LogP contribution >= 0.6 is 0 Å². The Balaban J connectivity index is 0. The Labute approximate surface area is 230 Å². The van der Waals surface area contributed by atoms with Crippen LogP contribution in [0, 0.1) is 0 Å². The third kappa shape index (κ3) is 21.4. The fraction of sp³-hybridized carbons (Fsp3) is 1.00. The Morgan fingerprint density at radius 3 is 1.27 bits per heavy atom. The minimum Gasteiger partial charge on any atom is -0.748 e. The van der Waals surface area contributed by atoms with Gasteiger partial charge in [0.25, 0.3) is 0 Å². The van der Waals surface area contributed by atoms with E-state index in [1.165, 1.54) is 70.6 Å². The van der Waals surface area contributed by atoms with Crippen LogP contribution in [0.15, 0.2) is 0 Å². The smallest absolute Gasteiger partial charge is 0.748 e. The maximum Gasteiger partial charge on any atom is 1.00 e. The molecule has 0 spiro atoms. The first-order valence-corrected chi connectivity index (χ1v) is 14.0. The maximum absolute atomic E-state index is 11.5. The molecule has 30 heavy (non-hydrogen) atoms. The molecule has 176 valence electrons. The van der Waals surface area contributed by atoms with E-state index in [-0.39, 0.29) is 51.4 Å². The molecule has 1 N–H and O–H groups in total. The minimum atomic E-state index is -4.42. The third-order valence-corrected chi connectivity index (χ3v) is 7.29. The number of hydrogen-bond acceptors (Lipinski definition) is 4. The summed E-state index contributed by atoms with van der Waals surface area (Å²) in [5.41, 5.74) is 0. The topological polar surface area (TPSA) is 77.4 Å². The summed E-state index contributed by atoms with van der Waals surface area (Å²) in [6.45, 7) is 4.34. The van der Waals surface area contributed by atoms with E-state index in [0.717, 1.165) is 38.5 Å². The van der Waals surface area contributed by atoms with Crippen LogP contribution in [0.3, 0.4) is 0 Å². The number of aliphatic hydroxyl groups is 1. The van der Waals surface area contributed by atoms with Gasteiger partial charge in [0.15, 0.2) is 0 Å². The zero-order chi connectivity index (χ0) is 21.8. The molecule has 0 rings (SSSR count). The van der Waals surface area contributed by atoms with Crippen molar-refractivity contribution >= 4 is 10.1 Å². The predicted octanol–water partition coefficient (Wildman–Crippen LogP) is 4.11. The van der Waals surface area contributed by atoms with Crippen LogP contribution in [0.4, 0.5) is 0 Å². The second kappa shape index (κ2) is 23.7. The van der Waals surface area contributed by atoms with Crippen molar-refractivity contribution in [1.29, 1.82) is 0 Å². The van der Waals surface area contributed by atoms with Crippen molar-refractivity contribution in [3.05, 3.63) is 0 Å². The summed E-state index contributed by atoms with van der Waals surface area (Å²) < 4.78 is 34.4. The molecule has 0 aromatic rings. The van der Waals surface area contributed by atoms with Gasteiger partial charge in [0.05, 0.1) is 11.4 Å². The molecule has 0 aromatic carbocycles. The summed E-state index contributed by atoms with van der Waals surface area (Å²) in [5.74, 6) is 0. The largest absolute Gasteiger partial charge is 1.00 e. The summed E-state index contributed by atoms with van der Waals surface area (Å²) >= 11 is 0. The van der Waals surface area contributed by atoms with Crippen molar-refractivity contribution < 1.29 is 69.5 Å². The molecule has 0 saturated carbocycles. The van der Waals surface area contributed by atoms with Crippen LogP contribution in [0.1, 0.15) is 142 Å². The van der Waals surface area contributed by atoms with E-state index in [2.05, 4.69) is 13.8 Å². The van der Waals surface area contributed by atoms with Gasteiger partial charge in [0, 0.05) is 0 Å². The normalized spacial score (nSPS) is 13.7. The molecule has 0 fully saturated rings. The minimum absolute atomic E-state index is 0. The Morgan fingerprint density at radius 2 is 0.900 bits per heavy atom. The van der Waals surface area contributed by atoms with Gasteiger partial charge in [-0.15, -0.1) is 0 Å². The third-order valence-electron chi connectivity index (χ3n) is 6.00. The van der Waals surface area contributed by atoms with E-state index >= 15 is 0 Å². The fourth-order valence-corrected chi connectivity index (χ4v) is 5.01. The van der Waals surface area contributed by atoms with Gasteiger partial charge in [-0.3, -0.25) is 0 Å². The summed E-state index contributed by atoms with van der Waals surface area (Å²) in [6, 6.07) is 0. The van der Waals surface area contributed by atoms with Crippen molar-refractivity contribution in [2.24, 2.45) is 0 Å². The van der Waals surface area contributed by atoms with Crippen molar-refractivity contribution in [3.63, 3.8) is 0 Å². The van der Waals surface area contributed by atoms with Crippen molar-refractivity contribution in [1.82, 2.24) is 0 Å². The molecule has 0 radical (unpaired) electrons. The number of aliphatic hydroxyl groups excluding tert-OH is 1. The average molecular weight is 473 g/mol. The first-order valence-electron chi connectivity index (χ1n) is 12.6. The summed E-state index contributed by atoms with van der Waals surface area (Å²) in [4.78, 5) is 0. The standard InChI is InChI=1S/C24H50O4S.K/c1-3-5-7-9-10-11-12-13-14-15-16-17-18-19-21-23(25)24(29(26,27)28)22-20-8-6-4-2;/h23-25H,3-22H2,1-2H3,(H,26,27,28);/q;+1/p-1. The maximum atomic E-state index is 11.5.